The van der Waals surface area contributed by atoms with Crippen LogP contribution in [0.5, 0.6) is 0 Å². The van der Waals surface area contributed by atoms with Gasteiger partial charge in [-0.25, -0.2) is 0 Å². The fraction of sp³-hybridized carbons (Fsp3) is 0.235. The summed E-state index contributed by atoms with van der Waals surface area (Å²) in [6.45, 7) is 0.711. The molecule has 0 spiro atoms. The van der Waals surface area contributed by atoms with Gasteiger partial charge in [-0.05, 0) is 29.2 Å². The third kappa shape index (κ3) is 2.52. The first-order chi connectivity index (χ1) is 9.74. The topological polar surface area (TPSA) is 55.1 Å². The van der Waals surface area contributed by atoms with Gasteiger partial charge in [-0.3, -0.25) is 4.79 Å². The molecule has 1 unspecified atom stereocenters. The van der Waals surface area contributed by atoms with Crippen LogP contribution in [0.15, 0.2) is 48.5 Å². The van der Waals surface area contributed by atoms with Crippen molar-refractivity contribution >= 4 is 11.6 Å². The molecule has 0 heterocycles. The number of nitrogen functional groups attached to an aromatic ring is 1. The molecule has 0 fully saturated rings. The van der Waals surface area contributed by atoms with Crippen LogP contribution in [0, 0.1) is 0 Å². The average molecular weight is 266 g/mol. The van der Waals surface area contributed by atoms with Gasteiger partial charge in [-0.1, -0.05) is 42.5 Å². The van der Waals surface area contributed by atoms with Gasteiger partial charge in [0.2, 0.25) is 5.91 Å². The number of rotatable bonds is 4. The van der Waals surface area contributed by atoms with Crippen molar-refractivity contribution < 1.29 is 4.79 Å². The first-order valence-electron chi connectivity index (χ1n) is 6.92. The molecule has 1 atom stereocenters. The smallest absolute Gasteiger partial charge is 0.224 e. The molecule has 2 aromatic carbocycles. The Morgan fingerprint density at radius 3 is 2.70 bits per heavy atom. The largest absolute Gasteiger partial charge is 0.398 e. The van der Waals surface area contributed by atoms with Crippen molar-refractivity contribution in [3.8, 4) is 0 Å². The highest BCUT2D eigenvalue weighted by atomic mass is 16.1. The molecular formula is C17H18N2O. The zero-order valence-electron chi connectivity index (χ0n) is 11.3. The fourth-order valence-corrected chi connectivity index (χ4v) is 2.71. The number of hydrogen-bond acceptors (Lipinski definition) is 2. The van der Waals surface area contributed by atoms with Crippen LogP contribution < -0.4 is 11.1 Å². The van der Waals surface area contributed by atoms with E-state index in [1.807, 2.05) is 24.3 Å². The Morgan fingerprint density at radius 2 is 1.90 bits per heavy atom. The normalized spacial score (nSPS) is 16.1. The first kappa shape index (κ1) is 12.7. The fourth-order valence-electron chi connectivity index (χ4n) is 2.71. The maximum atomic E-state index is 12.0. The van der Waals surface area contributed by atoms with Crippen molar-refractivity contribution in [2.45, 2.75) is 18.8 Å². The van der Waals surface area contributed by atoms with Crippen LogP contribution in [0.2, 0.25) is 0 Å². The molecule has 0 saturated heterocycles. The second kappa shape index (κ2) is 5.37. The number of amides is 1. The van der Waals surface area contributed by atoms with Gasteiger partial charge in [-0.2, -0.15) is 0 Å². The van der Waals surface area contributed by atoms with Gasteiger partial charge < -0.3 is 11.1 Å². The minimum Gasteiger partial charge on any atom is -0.398 e. The van der Waals surface area contributed by atoms with Crippen molar-refractivity contribution in [2.75, 3.05) is 12.3 Å². The van der Waals surface area contributed by atoms with E-state index in [-0.39, 0.29) is 5.91 Å². The van der Waals surface area contributed by atoms with Crippen molar-refractivity contribution in [1.82, 2.24) is 5.32 Å². The molecule has 1 aliphatic rings. The molecule has 0 saturated carbocycles. The van der Waals surface area contributed by atoms with Gasteiger partial charge in [0.25, 0.3) is 0 Å². The molecule has 20 heavy (non-hydrogen) atoms. The van der Waals surface area contributed by atoms with E-state index in [9.17, 15) is 4.79 Å². The van der Waals surface area contributed by atoms with Gasteiger partial charge in [0.1, 0.15) is 0 Å². The van der Waals surface area contributed by atoms with E-state index >= 15 is 0 Å². The lowest BCUT2D eigenvalue weighted by Gasteiger charge is -2.30. The predicted octanol–water partition coefficient (Wildman–Crippen LogP) is 2.27. The molecule has 3 N–H and O–H groups in total. The summed E-state index contributed by atoms with van der Waals surface area (Å²) in [5.74, 6) is 0.496. The molecule has 3 heteroatoms. The number of anilines is 1. The number of carbonyl (C=O) groups excluding carboxylic acids is 1. The van der Waals surface area contributed by atoms with Crippen LogP contribution in [-0.2, 0) is 17.6 Å². The molecule has 2 aromatic rings. The standard InChI is InChI=1S/C17H18N2O/c18-16-8-4-2-6-13(16)10-17(20)19-11-14-9-12-5-1-3-7-15(12)14/h1-8,14H,9-11,18H2,(H,19,20). The third-order valence-electron chi connectivity index (χ3n) is 3.91. The summed E-state index contributed by atoms with van der Waals surface area (Å²) in [5, 5.41) is 3.01. The monoisotopic (exact) mass is 266 g/mol. The summed E-state index contributed by atoms with van der Waals surface area (Å²) in [5.41, 5.74) is 10.2. The first-order valence-corrected chi connectivity index (χ1v) is 6.92. The van der Waals surface area contributed by atoms with E-state index in [2.05, 4.69) is 29.6 Å². The number of nitrogens with two attached hydrogens (primary N) is 1. The molecule has 0 aliphatic heterocycles. The minimum absolute atomic E-state index is 0.0345. The Bertz CT molecular complexity index is 636. The van der Waals surface area contributed by atoms with Gasteiger partial charge >= 0.3 is 0 Å². The van der Waals surface area contributed by atoms with Gasteiger partial charge in [0.05, 0.1) is 6.42 Å². The predicted molar refractivity (Wildman–Crippen MR) is 80.5 cm³/mol. The summed E-state index contributed by atoms with van der Waals surface area (Å²) in [6, 6.07) is 15.9. The lowest BCUT2D eigenvalue weighted by atomic mass is 9.77. The van der Waals surface area contributed by atoms with E-state index in [0.717, 1.165) is 12.0 Å². The molecule has 0 aromatic heterocycles. The van der Waals surface area contributed by atoms with Crippen LogP contribution in [-0.4, -0.2) is 12.5 Å². The average Bonchev–Trinajstić information content (AvgIpc) is 2.42. The Labute approximate surface area is 118 Å². The molecule has 1 amide bonds. The van der Waals surface area contributed by atoms with Crippen molar-refractivity contribution in [3.05, 3.63) is 65.2 Å². The quantitative estimate of drug-likeness (QED) is 0.834. The Kier molecular flexibility index (Phi) is 3.42. The summed E-state index contributed by atoms with van der Waals surface area (Å²) >= 11 is 0. The molecule has 3 nitrogen and oxygen atoms in total. The van der Waals surface area contributed by atoms with Gasteiger partial charge in [0.15, 0.2) is 0 Å². The zero-order valence-corrected chi connectivity index (χ0v) is 11.3. The lowest BCUT2D eigenvalue weighted by Crippen LogP contribution is -2.34. The second-order valence-corrected chi connectivity index (χ2v) is 5.28. The summed E-state index contributed by atoms with van der Waals surface area (Å²) in [6.07, 6.45) is 1.41. The van der Waals surface area contributed by atoms with Gasteiger partial charge in [-0.15, -0.1) is 0 Å². The van der Waals surface area contributed by atoms with E-state index in [1.54, 1.807) is 0 Å². The highest BCUT2D eigenvalue weighted by Crippen LogP contribution is 2.33. The summed E-state index contributed by atoms with van der Waals surface area (Å²) in [7, 11) is 0. The SMILES string of the molecule is Nc1ccccc1CC(=O)NCC1Cc2ccccc21. The molecule has 1 aliphatic carbocycles. The van der Waals surface area contributed by atoms with Crippen LogP contribution in [0.3, 0.4) is 0 Å². The number of para-hydroxylation sites is 1. The summed E-state index contributed by atoms with van der Waals surface area (Å²) in [4.78, 5) is 12.0. The van der Waals surface area contributed by atoms with Crippen LogP contribution in [0.4, 0.5) is 5.69 Å². The zero-order chi connectivity index (χ0) is 13.9. The molecular weight excluding hydrogens is 248 g/mol. The lowest BCUT2D eigenvalue weighted by molar-refractivity contribution is -0.120. The molecule has 3 rings (SSSR count). The van der Waals surface area contributed by atoms with E-state index in [4.69, 9.17) is 5.73 Å². The number of nitrogens with one attached hydrogen (secondary N) is 1. The number of benzene rings is 2. The Balaban J connectivity index is 1.53. The molecule has 0 bridgehead atoms. The number of fused-ring (bicyclic) bond motifs is 1. The second-order valence-electron chi connectivity index (χ2n) is 5.28. The Hall–Kier alpha value is -2.29. The number of hydrogen-bond donors (Lipinski definition) is 2. The molecule has 102 valence electrons. The van der Waals surface area contributed by atoms with Crippen LogP contribution in [0.1, 0.15) is 22.6 Å². The minimum atomic E-state index is 0.0345. The highest BCUT2D eigenvalue weighted by Gasteiger charge is 2.25. The van der Waals surface area contributed by atoms with Crippen LogP contribution in [0.25, 0.3) is 0 Å². The third-order valence-corrected chi connectivity index (χ3v) is 3.91. The van der Waals surface area contributed by atoms with Crippen molar-refractivity contribution in [3.63, 3.8) is 0 Å². The van der Waals surface area contributed by atoms with E-state index in [1.165, 1.54) is 11.1 Å². The van der Waals surface area contributed by atoms with Crippen LogP contribution >= 0.6 is 0 Å². The molecule has 0 radical (unpaired) electrons. The van der Waals surface area contributed by atoms with Crippen molar-refractivity contribution in [2.24, 2.45) is 0 Å². The number of carbonyl (C=O) groups is 1. The highest BCUT2D eigenvalue weighted by molar-refractivity contribution is 5.80. The van der Waals surface area contributed by atoms with Crippen molar-refractivity contribution in [1.29, 1.82) is 0 Å². The van der Waals surface area contributed by atoms with E-state index in [0.29, 0.717) is 24.6 Å². The van der Waals surface area contributed by atoms with E-state index < -0.39 is 0 Å². The van der Waals surface area contributed by atoms with Gasteiger partial charge in [0, 0.05) is 18.2 Å². The maximum absolute atomic E-state index is 12.0. The summed E-state index contributed by atoms with van der Waals surface area (Å²) < 4.78 is 0. The maximum Gasteiger partial charge on any atom is 0.224 e. The Morgan fingerprint density at radius 1 is 1.15 bits per heavy atom.